The minimum absolute atomic E-state index is 0.00309. The van der Waals surface area contributed by atoms with Gasteiger partial charge in [-0.15, -0.1) is 5.10 Å². The second kappa shape index (κ2) is 11.0. The minimum atomic E-state index is -0.0112. The maximum Gasteiger partial charge on any atom is 0.252 e. The van der Waals surface area contributed by atoms with Crippen molar-refractivity contribution in [3.63, 3.8) is 0 Å². The highest BCUT2D eigenvalue weighted by atomic mass is 16.1. The Morgan fingerprint density at radius 2 is 1.76 bits per heavy atom. The van der Waals surface area contributed by atoms with Gasteiger partial charge in [-0.2, -0.15) is 0 Å². The van der Waals surface area contributed by atoms with E-state index in [4.69, 9.17) is 0 Å². The number of pyridine rings is 1. The van der Waals surface area contributed by atoms with Gasteiger partial charge < -0.3 is 4.98 Å². The van der Waals surface area contributed by atoms with Crippen LogP contribution in [0.15, 0.2) is 53.3 Å². The molecule has 7 nitrogen and oxygen atoms in total. The van der Waals surface area contributed by atoms with Gasteiger partial charge in [-0.05, 0) is 83.3 Å². The predicted molar refractivity (Wildman–Crippen MR) is 147 cm³/mol. The maximum atomic E-state index is 13.3. The minimum Gasteiger partial charge on any atom is -0.322 e. The number of hydrogen-bond acceptors (Lipinski definition) is 5. The predicted octanol–water partition coefficient (Wildman–Crippen LogP) is 5.71. The zero-order valence-corrected chi connectivity index (χ0v) is 22.4. The molecule has 0 amide bonds. The molecule has 37 heavy (non-hydrogen) atoms. The highest BCUT2D eigenvalue weighted by molar-refractivity contribution is 5.80. The number of rotatable bonds is 8. The summed E-state index contributed by atoms with van der Waals surface area (Å²) in [5, 5.41) is 14.1. The first-order chi connectivity index (χ1) is 17.9. The van der Waals surface area contributed by atoms with Gasteiger partial charge in [-0.3, -0.25) is 9.69 Å². The number of hydrogen-bond donors (Lipinski definition) is 1. The third-order valence-corrected chi connectivity index (χ3v) is 7.92. The van der Waals surface area contributed by atoms with Crippen LogP contribution in [0.4, 0.5) is 0 Å². The Morgan fingerprint density at radius 1 is 1.03 bits per heavy atom. The molecule has 1 N–H and O–H groups in total. The van der Waals surface area contributed by atoms with Crippen LogP contribution in [-0.2, 0) is 13.1 Å². The van der Waals surface area contributed by atoms with Gasteiger partial charge >= 0.3 is 0 Å². The molecule has 1 atom stereocenters. The van der Waals surface area contributed by atoms with Crippen LogP contribution >= 0.6 is 0 Å². The summed E-state index contributed by atoms with van der Waals surface area (Å²) >= 11 is 0. The molecule has 0 aliphatic heterocycles. The van der Waals surface area contributed by atoms with Gasteiger partial charge in [0, 0.05) is 23.7 Å². The van der Waals surface area contributed by atoms with E-state index in [1.807, 2.05) is 22.9 Å². The van der Waals surface area contributed by atoms with E-state index in [2.05, 4.69) is 83.4 Å². The Morgan fingerprint density at radius 3 is 2.49 bits per heavy atom. The molecule has 0 radical (unpaired) electrons. The first-order valence-corrected chi connectivity index (χ1v) is 13.6. The Bertz CT molecular complexity index is 1400. The van der Waals surface area contributed by atoms with Crippen LogP contribution in [-0.4, -0.2) is 36.1 Å². The standard InChI is InChI=1S/C30H38N6O/c1-20(2)28(29-32-33-34-36(29)18-23-11-7-5-8-12-23)35(26-13-9-6-10-14-26)19-25-17-24-15-21(3)22(4)16-27(24)31-30(25)37/h5,7-8,11-12,15-17,20,26,28H,6,9-10,13-14,18-19H2,1-4H3,(H,31,37)/t28-/m0/s1. The summed E-state index contributed by atoms with van der Waals surface area (Å²) < 4.78 is 1.94. The molecule has 1 saturated carbocycles. The third kappa shape index (κ3) is 5.52. The molecule has 1 aliphatic carbocycles. The van der Waals surface area contributed by atoms with Crippen LogP contribution in [0.5, 0.6) is 0 Å². The van der Waals surface area contributed by atoms with Crippen LogP contribution < -0.4 is 5.56 Å². The molecule has 0 spiro atoms. The van der Waals surface area contributed by atoms with E-state index >= 15 is 0 Å². The maximum absolute atomic E-state index is 13.3. The number of fused-ring (bicyclic) bond motifs is 1. The first kappa shape index (κ1) is 25.3. The molecule has 0 bridgehead atoms. The monoisotopic (exact) mass is 498 g/mol. The fourth-order valence-electron chi connectivity index (χ4n) is 5.83. The molecule has 5 rings (SSSR count). The van der Waals surface area contributed by atoms with Crippen molar-refractivity contribution < 1.29 is 0 Å². The van der Waals surface area contributed by atoms with E-state index in [0.29, 0.717) is 19.1 Å². The van der Waals surface area contributed by atoms with Crippen molar-refractivity contribution in [2.75, 3.05) is 0 Å². The number of H-pyrrole nitrogens is 1. The first-order valence-electron chi connectivity index (χ1n) is 13.6. The number of nitrogens with one attached hydrogen (secondary N) is 1. The molecule has 1 aliphatic rings. The number of aromatic amines is 1. The number of tetrazole rings is 1. The Hall–Kier alpha value is -3.32. The summed E-state index contributed by atoms with van der Waals surface area (Å²) in [6.07, 6.45) is 5.97. The molecule has 4 aromatic rings. The quantitative estimate of drug-likeness (QED) is 0.336. The lowest BCUT2D eigenvalue weighted by Crippen LogP contribution is -2.43. The Labute approximate surface area is 218 Å². The Kier molecular flexibility index (Phi) is 7.51. The van der Waals surface area contributed by atoms with Gasteiger partial charge in [0.1, 0.15) is 0 Å². The van der Waals surface area contributed by atoms with Crippen molar-refractivity contribution in [3.05, 3.63) is 87.0 Å². The number of benzene rings is 2. The zero-order valence-electron chi connectivity index (χ0n) is 22.4. The fraction of sp³-hybridized carbons (Fsp3) is 0.467. The third-order valence-electron chi connectivity index (χ3n) is 7.92. The van der Waals surface area contributed by atoms with Crippen LogP contribution in [0.1, 0.15) is 80.1 Å². The fourth-order valence-corrected chi connectivity index (χ4v) is 5.83. The van der Waals surface area contributed by atoms with E-state index in [9.17, 15) is 4.79 Å². The number of aryl methyl sites for hydroxylation is 2. The molecular weight excluding hydrogens is 460 g/mol. The highest BCUT2D eigenvalue weighted by Gasteiger charge is 2.35. The zero-order chi connectivity index (χ0) is 25.9. The lowest BCUT2D eigenvalue weighted by molar-refractivity contribution is 0.0611. The van der Waals surface area contributed by atoms with E-state index in [1.165, 1.54) is 36.0 Å². The van der Waals surface area contributed by atoms with E-state index in [1.54, 1.807) is 0 Å². The molecule has 0 saturated heterocycles. The normalized spacial score (nSPS) is 15.6. The SMILES string of the molecule is Cc1cc2cc(CN(C3CCCCC3)[C@H](c3nnnn3Cc3ccccc3)C(C)C)c(=O)[nH]c2cc1C. The second-order valence-corrected chi connectivity index (χ2v) is 11.0. The van der Waals surface area contributed by atoms with E-state index in [0.717, 1.165) is 35.1 Å². The molecule has 0 unspecified atom stereocenters. The van der Waals surface area contributed by atoms with Crippen molar-refractivity contribution in [1.29, 1.82) is 0 Å². The molecule has 2 aromatic carbocycles. The van der Waals surface area contributed by atoms with Gasteiger partial charge in [0.15, 0.2) is 5.82 Å². The summed E-state index contributed by atoms with van der Waals surface area (Å²) in [7, 11) is 0. The molecule has 1 fully saturated rings. The van der Waals surface area contributed by atoms with Crippen molar-refractivity contribution in [3.8, 4) is 0 Å². The number of nitrogens with zero attached hydrogens (tertiary/aromatic N) is 5. The topological polar surface area (TPSA) is 79.7 Å². The lowest BCUT2D eigenvalue weighted by Gasteiger charge is -2.41. The average Bonchev–Trinajstić information content (AvgIpc) is 3.33. The molecule has 7 heteroatoms. The molecule has 2 aromatic heterocycles. The van der Waals surface area contributed by atoms with Crippen molar-refractivity contribution >= 4 is 10.9 Å². The number of aromatic nitrogens is 5. The average molecular weight is 499 g/mol. The van der Waals surface area contributed by atoms with Gasteiger partial charge in [0.25, 0.3) is 5.56 Å². The lowest BCUT2D eigenvalue weighted by atomic mass is 9.90. The van der Waals surface area contributed by atoms with Gasteiger partial charge in [-0.1, -0.05) is 63.4 Å². The van der Waals surface area contributed by atoms with Crippen LogP contribution in [0.25, 0.3) is 10.9 Å². The summed E-state index contributed by atoms with van der Waals surface area (Å²) in [6.45, 7) is 9.87. The van der Waals surface area contributed by atoms with Crippen LogP contribution in [0.2, 0.25) is 0 Å². The van der Waals surface area contributed by atoms with Crippen LogP contribution in [0.3, 0.4) is 0 Å². The molecule has 2 heterocycles. The largest absolute Gasteiger partial charge is 0.322 e. The van der Waals surface area contributed by atoms with Gasteiger partial charge in [0.2, 0.25) is 0 Å². The summed E-state index contributed by atoms with van der Waals surface area (Å²) in [4.78, 5) is 19.0. The molecular formula is C30H38N6O. The summed E-state index contributed by atoms with van der Waals surface area (Å²) in [5.74, 6) is 1.14. The smallest absolute Gasteiger partial charge is 0.252 e. The van der Waals surface area contributed by atoms with Crippen molar-refractivity contribution in [2.24, 2.45) is 5.92 Å². The summed E-state index contributed by atoms with van der Waals surface area (Å²) in [6, 6.07) is 17.0. The Balaban J connectivity index is 1.55. The van der Waals surface area contributed by atoms with Gasteiger partial charge in [-0.25, -0.2) is 4.68 Å². The van der Waals surface area contributed by atoms with E-state index in [-0.39, 0.29) is 17.5 Å². The van der Waals surface area contributed by atoms with Crippen molar-refractivity contribution in [1.82, 2.24) is 30.1 Å². The van der Waals surface area contributed by atoms with Gasteiger partial charge in [0.05, 0.1) is 12.6 Å². The second-order valence-electron chi connectivity index (χ2n) is 11.0. The van der Waals surface area contributed by atoms with E-state index < -0.39 is 0 Å². The molecule has 194 valence electrons. The van der Waals surface area contributed by atoms with Crippen LogP contribution in [0, 0.1) is 19.8 Å². The highest BCUT2D eigenvalue weighted by Crippen LogP contribution is 2.35. The van der Waals surface area contributed by atoms with Crippen molar-refractivity contribution in [2.45, 2.75) is 85.0 Å². The summed E-state index contributed by atoms with van der Waals surface area (Å²) in [5.41, 5.74) is 5.27.